The predicted molar refractivity (Wildman–Crippen MR) is 64.9 cm³/mol. The van der Waals surface area contributed by atoms with Gasteiger partial charge >= 0.3 is 5.97 Å². The maximum absolute atomic E-state index is 11.7. The third kappa shape index (κ3) is 4.24. The average molecular weight is 259 g/mol. The molecule has 4 nitrogen and oxygen atoms in total. The Balaban J connectivity index is 2.40. The van der Waals surface area contributed by atoms with E-state index in [-0.39, 0.29) is 12.5 Å². The highest BCUT2D eigenvalue weighted by molar-refractivity contribution is 8.01. The normalized spacial score (nSPS) is 10.1. The van der Waals surface area contributed by atoms with Crippen molar-refractivity contribution in [3.8, 4) is 0 Å². The zero-order chi connectivity index (χ0) is 12.0. The van der Waals surface area contributed by atoms with Crippen molar-refractivity contribution in [2.45, 2.75) is 11.1 Å². The van der Waals surface area contributed by atoms with Crippen LogP contribution in [0, 0.1) is 0 Å². The molecule has 6 heteroatoms. The van der Waals surface area contributed by atoms with Crippen molar-refractivity contribution >= 4 is 35.0 Å². The van der Waals surface area contributed by atoms with E-state index in [2.05, 4.69) is 0 Å². The summed E-state index contributed by atoms with van der Waals surface area (Å²) in [5, 5.41) is 10.6. The van der Waals surface area contributed by atoms with E-state index in [9.17, 15) is 9.59 Å². The maximum atomic E-state index is 11.7. The zero-order valence-corrected chi connectivity index (χ0v) is 10.5. The number of amides is 1. The van der Waals surface area contributed by atoms with Gasteiger partial charge in [-0.2, -0.15) is 0 Å². The van der Waals surface area contributed by atoms with Crippen molar-refractivity contribution in [1.82, 2.24) is 4.90 Å². The third-order valence-corrected chi connectivity index (χ3v) is 4.01. The van der Waals surface area contributed by atoms with Gasteiger partial charge in [-0.05, 0) is 18.4 Å². The largest absolute Gasteiger partial charge is 0.480 e. The number of thiophene rings is 1. The molecular weight excluding hydrogens is 246 g/mol. The Morgan fingerprint density at radius 2 is 2.31 bits per heavy atom. The lowest BCUT2D eigenvalue weighted by molar-refractivity contribution is -0.143. The Labute approximate surface area is 102 Å². The minimum atomic E-state index is -0.976. The zero-order valence-electron chi connectivity index (χ0n) is 8.88. The van der Waals surface area contributed by atoms with Crippen LogP contribution in [0.4, 0.5) is 0 Å². The van der Waals surface area contributed by atoms with Gasteiger partial charge in [0.1, 0.15) is 6.54 Å². The van der Waals surface area contributed by atoms with Gasteiger partial charge in [-0.25, -0.2) is 0 Å². The van der Waals surface area contributed by atoms with Crippen molar-refractivity contribution in [1.29, 1.82) is 0 Å². The molecule has 0 aromatic carbocycles. The first kappa shape index (κ1) is 13.1. The number of thioether (sulfide) groups is 1. The quantitative estimate of drug-likeness (QED) is 0.791. The molecule has 1 aromatic rings. The molecule has 0 radical (unpaired) electrons. The monoisotopic (exact) mass is 259 g/mol. The standard InChI is InChI=1S/C10H13NO3S2/c1-2-11(6-9(13)14)8(12)7-16-10-4-3-5-15-10/h3-5H,2,6-7H2,1H3,(H,13,14). The number of carboxylic acid groups (broad SMARTS) is 1. The molecule has 0 unspecified atom stereocenters. The van der Waals surface area contributed by atoms with E-state index < -0.39 is 5.97 Å². The third-order valence-electron chi connectivity index (χ3n) is 1.89. The number of likely N-dealkylation sites (N-methyl/N-ethyl adjacent to an activating group) is 1. The molecule has 1 aromatic heterocycles. The summed E-state index contributed by atoms with van der Waals surface area (Å²) in [4.78, 5) is 23.5. The second kappa shape index (κ2) is 6.55. The molecule has 1 rings (SSSR count). The van der Waals surface area contributed by atoms with Gasteiger partial charge in [-0.3, -0.25) is 9.59 Å². The van der Waals surface area contributed by atoms with Gasteiger partial charge in [-0.15, -0.1) is 23.1 Å². The van der Waals surface area contributed by atoms with Crippen LogP contribution in [0.3, 0.4) is 0 Å². The topological polar surface area (TPSA) is 57.6 Å². The fraction of sp³-hybridized carbons (Fsp3) is 0.400. The smallest absolute Gasteiger partial charge is 0.323 e. The molecule has 1 amide bonds. The molecule has 0 aliphatic heterocycles. The summed E-state index contributed by atoms with van der Waals surface area (Å²) in [5.74, 6) is -0.818. The highest BCUT2D eigenvalue weighted by Crippen LogP contribution is 2.23. The molecule has 0 spiro atoms. The van der Waals surface area contributed by atoms with E-state index in [1.54, 1.807) is 18.3 Å². The molecule has 0 fully saturated rings. The maximum Gasteiger partial charge on any atom is 0.323 e. The fourth-order valence-corrected chi connectivity index (χ4v) is 2.80. The molecule has 0 atom stereocenters. The van der Waals surface area contributed by atoms with E-state index in [1.807, 2.05) is 17.5 Å². The van der Waals surface area contributed by atoms with Gasteiger partial charge < -0.3 is 10.0 Å². The van der Waals surface area contributed by atoms with Gasteiger partial charge in [0.05, 0.1) is 9.96 Å². The average Bonchev–Trinajstić information content (AvgIpc) is 2.75. The molecule has 1 N–H and O–H groups in total. The Bertz CT molecular complexity index is 351. The number of carboxylic acids is 1. The molecular formula is C10H13NO3S2. The van der Waals surface area contributed by atoms with Crippen LogP contribution in [0.25, 0.3) is 0 Å². The molecule has 0 aliphatic carbocycles. The van der Waals surface area contributed by atoms with E-state index in [4.69, 9.17) is 5.11 Å². The van der Waals surface area contributed by atoms with Crippen molar-refractivity contribution in [3.63, 3.8) is 0 Å². The molecule has 0 saturated carbocycles. The predicted octanol–water partition coefficient (Wildman–Crippen LogP) is 1.77. The second-order valence-electron chi connectivity index (χ2n) is 3.02. The summed E-state index contributed by atoms with van der Waals surface area (Å²) in [7, 11) is 0. The van der Waals surface area contributed by atoms with E-state index >= 15 is 0 Å². The number of nitrogens with zero attached hydrogens (tertiary/aromatic N) is 1. The first-order valence-corrected chi connectivity index (χ1v) is 6.66. The summed E-state index contributed by atoms with van der Waals surface area (Å²) in [6.45, 7) is 1.98. The number of rotatable bonds is 6. The van der Waals surface area contributed by atoms with Crippen LogP contribution in [0.5, 0.6) is 0 Å². The SMILES string of the molecule is CCN(CC(=O)O)C(=O)CSc1cccs1. The van der Waals surface area contributed by atoms with Gasteiger partial charge in [0.15, 0.2) is 0 Å². The van der Waals surface area contributed by atoms with Crippen molar-refractivity contribution in [3.05, 3.63) is 17.5 Å². The lowest BCUT2D eigenvalue weighted by Crippen LogP contribution is -2.36. The highest BCUT2D eigenvalue weighted by Gasteiger charge is 2.14. The molecule has 0 saturated heterocycles. The Hall–Kier alpha value is -1.01. The van der Waals surface area contributed by atoms with Crippen LogP contribution in [0.2, 0.25) is 0 Å². The van der Waals surface area contributed by atoms with Gasteiger partial charge in [0, 0.05) is 6.54 Å². The minimum absolute atomic E-state index is 0.136. The molecule has 0 aliphatic rings. The Morgan fingerprint density at radius 1 is 1.56 bits per heavy atom. The Morgan fingerprint density at radius 3 is 2.81 bits per heavy atom. The van der Waals surface area contributed by atoms with Crippen molar-refractivity contribution < 1.29 is 14.7 Å². The number of aliphatic carboxylic acids is 1. The summed E-state index contributed by atoms with van der Waals surface area (Å²) in [6.07, 6.45) is 0. The van der Waals surface area contributed by atoms with Gasteiger partial charge in [0.25, 0.3) is 0 Å². The molecule has 0 bridgehead atoms. The van der Waals surface area contributed by atoms with Crippen molar-refractivity contribution in [2.24, 2.45) is 0 Å². The van der Waals surface area contributed by atoms with Crippen molar-refractivity contribution in [2.75, 3.05) is 18.8 Å². The van der Waals surface area contributed by atoms with Gasteiger partial charge in [-0.1, -0.05) is 6.07 Å². The second-order valence-corrected chi connectivity index (χ2v) is 5.25. The first-order valence-electron chi connectivity index (χ1n) is 4.79. The summed E-state index contributed by atoms with van der Waals surface area (Å²) >= 11 is 3.01. The highest BCUT2D eigenvalue weighted by atomic mass is 32.2. The van der Waals surface area contributed by atoms with E-state index in [0.29, 0.717) is 12.3 Å². The first-order chi connectivity index (χ1) is 7.63. The summed E-state index contributed by atoms with van der Waals surface area (Å²) in [5.41, 5.74) is 0. The lowest BCUT2D eigenvalue weighted by atomic mass is 10.4. The lowest BCUT2D eigenvalue weighted by Gasteiger charge is -2.17. The fourth-order valence-electron chi connectivity index (χ4n) is 1.11. The molecule has 1 heterocycles. The number of hydrogen-bond donors (Lipinski definition) is 1. The van der Waals surface area contributed by atoms with Crippen LogP contribution in [0.15, 0.2) is 21.7 Å². The number of hydrogen-bond acceptors (Lipinski definition) is 4. The van der Waals surface area contributed by atoms with Crippen LogP contribution in [0.1, 0.15) is 6.92 Å². The number of carbonyl (C=O) groups is 2. The van der Waals surface area contributed by atoms with Crippen LogP contribution >= 0.6 is 23.1 Å². The molecule has 16 heavy (non-hydrogen) atoms. The van der Waals surface area contributed by atoms with Crippen LogP contribution in [-0.2, 0) is 9.59 Å². The van der Waals surface area contributed by atoms with Crippen LogP contribution < -0.4 is 0 Å². The minimum Gasteiger partial charge on any atom is -0.480 e. The van der Waals surface area contributed by atoms with E-state index in [1.165, 1.54) is 16.7 Å². The van der Waals surface area contributed by atoms with Gasteiger partial charge in [0.2, 0.25) is 5.91 Å². The Kier molecular flexibility index (Phi) is 5.34. The number of carbonyl (C=O) groups excluding carboxylic acids is 1. The summed E-state index contributed by atoms with van der Waals surface area (Å²) < 4.78 is 1.07. The van der Waals surface area contributed by atoms with E-state index in [0.717, 1.165) is 4.21 Å². The summed E-state index contributed by atoms with van der Waals surface area (Å²) in [6, 6.07) is 3.86. The molecule has 88 valence electrons. The van der Waals surface area contributed by atoms with Crippen LogP contribution in [-0.4, -0.2) is 40.7 Å².